The van der Waals surface area contributed by atoms with Gasteiger partial charge in [-0.1, -0.05) is 42.0 Å². The maximum atomic E-state index is 12.7. The molecule has 0 bridgehead atoms. The van der Waals surface area contributed by atoms with E-state index in [0.29, 0.717) is 24.4 Å². The average Bonchev–Trinajstić information content (AvgIpc) is 3.24. The molecule has 4 aromatic rings. The molecular formula is C28H27N3O2. The van der Waals surface area contributed by atoms with Crippen LogP contribution in [0, 0.1) is 18.3 Å². The first-order valence-corrected chi connectivity index (χ1v) is 11.2. The van der Waals surface area contributed by atoms with Crippen LogP contribution in [-0.2, 0) is 6.54 Å². The minimum atomic E-state index is -0.367. The second kappa shape index (κ2) is 9.62. The maximum absolute atomic E-state index is 12.7. The Hall–Kier alpha value is -4.04. The number of aryl methyl sites for hydroxylation is 1. The van der Waals surface area contributed by atoms with Gasteiger partial charge in [0.1, 0.15) is 5.75 Å². The number of carbonyl (C=O) groups excluding carboxylic acids is 1. The highest BCUT2D eigenvalue weighted by Crippen LogP contribution is 2.38. The van der Waals surface area contributed by atoms with Crippen LogP contribution < -0.4 is 4.74 Å². The van der Waals surface area contributed by atoms with Gasteiger partial charge in [-0.2, -0.15) is 5.26 Å². The topological polar surface area (TPSA) is 58.3 Å². The van der Waals surface area contributed by atoms with Crippen molar-refractivity contribution in [2.24, 2.45) is 0 Å². The van der Waals surface area contributed by atoms with E-state index >= 15 is 0 Å². The van der Waals surface area contributed by atoms with Crippen LogP contribution >= 0.6 is 0 Å². The molecule has 0 aliphatic heterocycles. The Morgan fingerprint density at radius 2 is 1.67 bits per heavy atom. The Bertz CT molecular complexity index is 1310. The van der Waals surface area contributed by atoms with E-state index in [-0.39, 0.29) is 6.09 Å². The van der Waals surface area contributed by atoms with E-state index in [1.165, 1.54) is 11.1 Å². The molecule has 0 N–H and O–H groups in total. The molecule has 0 saturated carbocycles. The summed E-state index contributed by atoms with van der Waals surface area (Å²) in [6.45, 7) is 7.85. The van der Waals surface area contributed by atoms with Gasteiger partial charge in [-0.15, -0.1) is 0 Å². The summed E-state index contributed by atoms with van der Waals surface area (Å²) in [6, 6.07) is 24.0. The van der Waals surface area contributed by atoms with Crippen molar-refractivity contribution in [3.05, 3.63) is 89.6 Å². The number of amides is 1. The molecule has 0 fully saturated rings. The van der Waals surface area contributed by atoms with Crippen LogP contribution in [0.2, 0.25) is 0 Å². The van der Waals surface area contributed by atoms with Crippen molar-refractivity contribution < 1.29 is 9.53 Å². The van der Waals surface area contributed by atoms with Gasteiger partial charge in [0.25, 0.3) is 0 Å². The molecule has 4 rings (SSSR count). The molecule has 1 amide bonds. The predicted molar refractivity (Wildman–Crippen MR) is 131 cm³/mol. The van der Waals surface area contributed by atoms with Crippen molar-refractivity contribution in [3.63, 3.8) is 0 Å². The quantitative estimate of drug-likeness (QED) is 0.352. The first-order valence-electron chi connectivity index (χ1n) is 11.2. The van der Waals surface area contributed by atoms with Gasteiger partial charge in [0.15, 0.2) is 0 Å². The monoisotopic (exact) mass is 437 g/mol. The number of aromatic nitrogens is 1. The molecule has 1 heterocycles. The lowest BCUT2D eigenvalue weighted by Crippen LogP contribution is -2.33. The van der Waals surface area contributed by atoms with Crippen LogP contribution in [0.5, 0.6) is 5.75 Å². The molecule has 33 heavy (non-hydrogen) atoms. The molecule has 3 aromatic carbocycles. The molecular weight excluding hydrogens is 410 g/mol. The van der Waals surface area contributed by atoms with Gasteiger partial charge in [0, 0.05) is 42.3 Å². The standard InChI is InChI=1S/C28H27N3O2/c1-4-30(5-2)28(32)33-26-15-14-25-24(27(26)23-12-10-21(18-29)11-13-23)16-17-31(25)19-22-8-6-20(3)7-9-22/h6-17H,4-5,19H2,1-3H3. The van der Waals surface area contributed by atoms with Crippen LogP contribution in [0.4, 0.5) is 4.79 Å². The number of ether oxygens (including phenoxy) is 1. The third-order valence-corrected chi connectivity index (χ3v) is 5.91. The number of fused-ring (bicyclic) bond motifs is 1. The molecule has 5 heteroatoms. The second-order valence-electron chi connectivity index (χ2n) is 8.03. The van der Waals surface area contributed by atoms with Crippen LogP contribution in [-0.4, -0.2) is 28.6 Å². The SMILES string of the molecule is CCN(CC)C(=O)Oc1ccc2c(ccn2Cc2ccc(C)cc2)c1-c1ccc(C#N)cc1. The summed E-state index contributed by atoms with van der Waals surface area (Å²) in [5.74, 6) is 0.511. The van der Waals surface area contributed by atoms with Gasteiger partial charge in [0.2, 0.25) is 0 Å². The van der Waals surface area contributed by atoms with Crippen molar-refractivity contribution in [3.8, 4) is 22.9 Å². The van der Waals surface area contributed by atoms with E-state index < -0.39 is 0 Å². The van der Waals surface area contributed by atoms with E-state index in [1.54, 1.807) is 17.0 Å². The van der Waals surface area contributed by atoms with Gasteiger partial charge in [-0.05, 0) is 62.2 Å². The summed E-state index contributed by atoms with van der Waals surface area (Å²) in [5.41, 5.74) is 5.84. The number of nitrogens with zero attached hydrogens (tertiary/aromatic N) is 3. The van der Waals surface area contributed by atoms with E-state index in [9.17, 15) is 10.1 Å². The van der Waals surface area contributed by atoms with Crippen LogP contribution in [0.15, 0.2) is 72.9 Å². The van der Waals surface area contributed by atoms with Crippen LogP contribution in [0.1, 0.15) is 30.5 Å². The molecule has 166 valence electrons. The lowest BCUT2D eigenvalue weighted by Gasteiger charge is -2.20. The fourth-order valence-corrected chi connectivity index (χ4v) is 4.02. The second-order valence-corrected chi connectivity index (χ2v) is 8.03. The normalized spacial score (nSPS) is 10.7. The molecule has 0 aliphatic rings. The number of carbonyl (C=O) groups is 1. The third-order valence-electron chi connectivity index (χ3n) is 5.91. The zero-order valence-electron chi connectivity index (χ0n) is 19.2. The first-order chi connectivity index (χ1) is 16.0. The van der Waals surface area contributed by atoms with E-state index in [1.807, 2.05) is 38.1 Å². The fourth-order valence-electron chi connectivity index (χ4n) is 4.02. The van der Waals surface area contributed by atoms with Crippen molar-refractivity contribution >= 4 is 17.0 Å². The third kappa shape index (κ3) is 4.61. The smallest absolute Gasteiger partial charge is 0.410 e. The zero-order valence-corrected chi connectivity index (χ0v) is 19.2. The summed E-state index contributed by atoms with van der Waals surface area (Å²) in [5, 5.41) is 10.2. The molecule has 0 atom stereocenters. The number of rotatable bonds is 6. The largest absolute Gasteiger partial charge is 0.415 e. The molecule has 0 spiro atoms. The Morgan fingerprint density at radius 3 is 2.30 bits per heavy atom. The number of hydrogen-bond donors (Lipinski definition) is 0. The Morgan fingerprint density at radius 1 is 0.970 bits per heavy atom. The molecule has 0 saturated heterocycles. The predicted octanol–water partition coefficient (Wildman–Crippen LogP) is 6.38. The number of benzene rings is 3. The minimum Gasteiger partial charge on any atom is -0.410 e. The Balaban J connectivity index is 1.80. The molecule has 0 unspecified atom stereocenters. The highest BCUT2D eigenvalue weighted by atomic mass is 16.6. The lowest BCUT2D eigenvalue weighted by molar-refractivity contribution is 0.157. The van der Waals surface area contributed by atoms with Crippen LogP contribution in [0.25, 0.3) is 22.0 Å². The van der Waals surface area contributed by atoms with Crippen molar-refractivity contribution in [2.45, 2.75) is 27.3 Å². The average molecular weight is 438 g/mol. The summed E-state index contributed by atoms with van der Waals surface area (Å²) >= 11 is 0. The summed E-state index contributed by atoms with van der Waals surface area (Å²) in [4.78, 5) is 14.4. The van der Waals surface area contributed by atoms with Crippen molar-refractivity contribution in [1.29, 1.82) is 5.26 Å². The summed E-state index contributed by atoms with van der Waals surface area (Å²) in [7, 11) is 0. The van der Waals surface area contributed by atoms with E-state index in [2.05, 4.69) is 54.1 Å². The Labute approximate surface area is 194 Å². The number of nitriles is 1. The van der Waals surface area contributed by atoms with Gasteiger partial charge in [-0.3, -0.25) is 0 Å². The molecule has 5 nitrogen and oxygen atoms in total. The van der Waals surface area contributed by atoms with Crippen LogP contribution in [0.3, 0.4) is 0 Å². The van der Waals surface area contributed by atoms with Crippen molar-refractivity contribution in [2.75, 3.05) is 13.1 Å². The highest BCUT2D eigenvalue weighted by Gasteiger charge is 2.19. The summed E-state index contributed by atoms with van der Waals surface area (Å²) in [6.07, 6.45) is 1.70. The first kappa shape index (κ1) is 22.2. The molecule has 1 aromatic heterocycles. The zero-order chi connectivity index (χ0) is 23.4. The van der Waals surface area contributed by atoms with Gasteiger partial charge < -0.3 is 14.2 Å². The van der Waals surface area contributed by atoms with Gasteiger partial charge >= 0.3 is 6.09 Å². The Kier molecular flexibility index (Phi) is 6.46. The van der Waals surface area contributed by atoms with E-state index in [0.717, 1.165) is 28.6 Å². The highest BCUT2D eigenvalue weighted by molar-refractivity contribution is 5.99. The van der Waals surface area contributed by atoms with Gasteiger partial charge in [0.05, 0.1) is 11.6 Å². The molecule has 0 aliphatic carbocycles. The molecule has 0 radical (unpaired) electrons. The van der Waals surface area contributed by atoms with Crippen molar-refractivity contribution in [1.82, 2.24) is 9.47 Å². The maximum Gasteiger partial charge on any atom is 0.415 e. The van der Waals surface area contributed by atoms with E-state index in [4.69, 9.17) is 4.74 Å². The van der Waals surface area contributed by atoms with Gasteiger partial charge in [-0.25, -0.2) is 4.79 Å². The fraction of sp³-hybridized carbons (Fsp3) is 0.214. The summed E-state index contributed by atoms with van der Waals surface area (Å²) < 4.78 is 8.06. The minimum absolute atomic E-state index is 0.367. The number of hydrogen-bond acceptors (Lipinski definition) is 3. The lowest BCUT2D eigenvalue weighted by atomic mass is 9.99.